The number of nitrogens with zero attached hydrogens (tertiary/aromatic N) is 5. The summed E-state index contributed by atoms with van der Waals surface area (Å²) in [4.78, 5) is 29.7. The molecule has 3 aromatic rings. The standard InChI is InChI=1S/C23H24FN5O/c1-28(2)23-26-15-18(17-7-3-4-8-19(17)24)21(27-23)16-10-13-29(14-11-16)22(30)20-9-5-6-12-25-20/h3-9,12,15-16H,10-11,13-14H2,1-2H3. The average molecular weight is 405 g/mol. The molecule has 3 heterocycles. The van der Waals surface area contributed by atoms with Crippen LogP contribution < -0.4 is 4.90 Å². The van der Waals surface area contributed by atoms with Crippen LogP contribution in [0.2, 0.25) is 0 Å². The Bertz CT molecular complexity index is 1030. The SMILES string of the molecule is CN(C)c1ncc(-c2ccccc2F)c(C2CCN(C(=O)c3ccccn3)CC2)n1. The Morgan fingerprint density at radius 2 is 1.77 bits per heavy atom. The van der Waals surface area contributed by atoms with Crippen LogP contribution in [0.15, 0.2) is 54.9 Å². The number of halogens is 1. The number of likely N-dealkylation sites (tertiary alicyclic amines) is 1. The van der Waals surface area contributed by atoms with Gasteiger partial charge in [0.2, 0.25) is 5.95 Å². The molecule has 1 aromatic carbocycles. The lowest BCUT2D eigenvalue weighted by Gasteiger charge is -2.32. The van der Waals surface area contributed by atoms with E-state index in [0.29, 0.717) is 35.9 Å². The van der Waals surface area contributed by atoms with Gasteiger partial charge in [-0.15, -0.1) is 0 Å². The molecule has 0 aliphatic carbocycles. The Balaban J connectivity index is 1.60. The Hall–Kier alpha value is -3.35. The first-order chi connectivity index (χ1) is 14.5. The van der Waals surface area contributed by atoms with Crippen molar-refractivity contribution in [2.75, 3.05) is 32.1 Å². The van der Waals surface area contributed by atoms with Crippen molar-refractivity contribution >= 4 is 11.9 Å². The van der Waals surface area contributed by atoms with Crippen LogP contribution in [0, 0.1) is 5.82 Å². The molecule has 0 spiro atoms. The van der Waals surface area contributed by atoms with Crippen LogP contribution in [0.5, 0.6) is 0 Å². The summed E-state index contributed by atoms with van der Waals surface area (Å²) in [7, 11) is 3.77. The van der Waals surface area contributed by atoms with E-state index in [1.54, 1.807) is 36.7 Å². The van der Waals surface area contributed by atoms with Crippen molar-refractivity contribution in [1.82, 2.24) is 19.9 Å². The van der Waals surface area contributed by atoms with Crippen LogP contribution >= 0.6 is 0 Å². The third-order valence-electron chi connectivity index (χ3n) is 5.42. The Kier molecular flexibility index (Phi) is 5.70. The molecule has 1 fully saturated rings. The van der Waals surface area contributed by atoms with E-state index in [1.807, 2.05) is 36.0 Å². The highest BCUT2D eigenvalue weighted by atomic mass is 19.1. The quantitative estimate of drug-likeness (QED) is 0.661. The van der Waals surface area contributed by atoms with Gasteiger partial charge < -0.3 is 9.80 Å². The highest BCUT2D eigenvalue weighted by Gasteiger charge is 2.28. The van der Waals surface area contributed by atoms with Crippen molar-refractivity contribution in [2.24, 2.45) is 0 Å². The number of carbonyl (C=O) groups excluding carboxylic acids is 1. The molecule has 2 aromatic heterocycles. The zero-order valence-corrected chi connectivity index (χ0v) is 17.1. The Morgan fingerprint density at radius 3 is 2.43 bits per heavy atom. The van der Waals surface area contributed by atoms with E-state index in [-0.39, 0.29) is 17.6 Å². The number of rotatable bonds is 4. The van der Waals surface area contributed by atoms with Gasteiger partial charge in [-0.3, -0.25) is 9.78 Å². The van der Waals surface area contributed by atoms with E-state index < -0.39 is 0 Å². The summed E-state index contributed by atoms with van der Waals surface area (Å²) in [6, 6.07) is 12.0. The minimum absolute atomic E-state index is 0.0555. The van der Waals surface area contributed by atoms with Gasteiger partial charge in [-0.2, -0.15) is 0 Å². The molecule has 1 saturated heterocycles. The van der Waals surface area contributed by atoms with Crippen molar-refractivity contribution in [3.05, 3.63) is 72.1 Å². The molecular formula is C23H24FN5O. The number of hydrogen-bond donors (Lipinski definition) is 0. The normalized spacial score (nSPS) is 14.6. The first-order valence-corrected chi connectivity index (χ1v) is 10.0. The first kappa shape index (κ1) is 19.9. The smallest absolute Gasteiger partial charge is 0.272 e. The molecular weight excluding hydrogens is 381 g/mol. The van der Waals surface area contributed by atoms with Gasteiger partial charge in [0, 0.05) is 56.6 Å². The highest BCUT2D eigenvalue weighted by Crippen LogP contribution is 2.35. The third kappa shape index (κ3) is 4.01. The summed E-state index contributed by atoms with van der Waals surface area (Å²) >= 11 is 0. The van der Waals surface area contributed by atoms with E-state index in [4.69, 9.17) is 4.98 Å². The predicted octanol–water partition coefficient (Wildman–Crippen LogP) is 3.76. The molecule has 154 valence electrons. The molecule has 1 aliphatic heterocycles. The molecule has 6 nitrogen and oxygen atoms in total. The number of benzene rings is 1. The minimum Gasteiger partial charge on any atom is -0.347 e. The number of piperidine rings is 1. The van der Waals surface area contributed by atoms with Gasteiger partial charge in [0.1, 0.15) is 11.5 Å². The zero-order valence-electron chi connectivity index (χ0n) is 17.1. The fraction of sp³-hybridized carbons (Fsp3) is 0.304. The van der Waals surface area contributed by atoms with Crippen molar-refractivity contribution in [1.29, 1.82) is 0 Å². The van der Waals surface area contributed by atoms with Gasteiger partial charge >= 0.3 is 0 Å². The molecule has 7 heteroatoms. The van der Waals surface area contributed by atoms with E-state index in [9.17, 15) is 9.18 Å². The van der Waals surface area contributed by atoms with Gasteiger partial charge in [0.15, 0.2) is 0 Å². The van der Waals surface area contributed by atoms with Gasteiger partial charge in [-0.1, -0.05) is 24.3 Å². The largest absolute Gasteiger partial charge is 0.347 e. The van der Waals surface area contributed by atoms with Gasteiger partial charge in [0.05, 0.1) is 5.69 Å². The molecule has 0 radical (unpaired) electrons. The topological polar surface area (TPSA) is 62.2 Å². The van der Waals surface area contributed by atoms with Gasteiger partial charge in [-0.25, -0.2) is 14.4 Å². The summed E-state index contributed by atoms with van der Waals surface area (Å²) < 4.78 is 14.5. The predicted molar refractivity (Wildman–Crippen MR) is 114 cm³/mol. The second kappa shape index (κ2) is 8.57. The Labute approximate surface area is 175 Å². The third-order valence-corrected chi connectivity index (χ3v) is 5.42. The molecule has 0 N–H and O–H groups in total. The maximum atomic E-state index is 14.5. The van der Waals surface area contributed by atoms with E-state index in [1.165, 1.54) is 6.07 Å². The number of aromatic nitrogens is 3. The zero-order chi connectivity index (χ0) is 21.1. The van der Waals surface area contributed by atoms with Crippen molar-refractivity contribution < 1.29 is 9.18 Å². The average Bonchev–Trinajstić information content (AvgIpc) is 2.79. The second-order valence-electron chi connectivity index (χ2n) is 7.62. The monoisotopic (exact) mass is 405 g/mol. The van der Waals surface area contributed by atoms with Crippen molar-refractivity contribution in [3.8, 4) is 11.1 Å². The summed E-state index contributed by atoms with van der Waals surface area (Å²) in [6.07, 6.45) is 4.85. The molecule has 0 atom stereocenters. The molecule has 1 amide bonds. The second-order valence-corrected chi connectivity index (χ2v) is 7.62. The molecule has 0 bridgehead atoms. The van der Waals surface area contributed by atoms with Crippen LogP contribution in [-0.2, 0) is 0 Å². The van der Waals surface area contributed by atoms with Gasteiger partial charge in [-0.05, 0) is 31.0 Å². The summed E-state index contributed by atoms with van der Waals surface area (Å²) in [5.74, 6) is 0.369. The fourth-order valence-corrected chi connectivity index (χ4v) is 3.81. The number of pyridine rings is 1. The lowest BCUT2D eigenvalue weighted by molar-refractivity contribution is 0.0706. The number of hydrogen-bond acceptors (Lipinski definition) is 5. The molecule has 0 unspecified atom stereocenters. The van der Waals surface area contributed by atoms with Crippen molar-refractivity contribution in [2.45, 2.75) is 18.8 Å². The molecule has 4 rings (SSSR count). The number of amides is 1. The van der Waals surface area contributed by atoms with Crippen LogP contribution in [-0.4, -0.2) is 52.9 Å². The maximum absolute atomic E-state index is 14.5. The summed E-state index contributed by atoms with van der Waals surface area (Å²) in [5.41, 5.74) is 2.52. The van der Waals surface area contributed by atoms with E-state index >= 15 is 0 Å². The fourth-order valence-electron chi connectivity index (χ4n) is 3.81. The summed E-state index contributed by atoms with van der Waals surface area (Å²) in [5, 5.41) is 0. The number of carbonyl (C=O) groups is 1. The van der Waals surface area contributed by atoms with Crippen LogP contribution in [0.25, 0.3) is 11.1 Å². The molecule has 0 saturated carbocycles. The number of anilines is 1. The van der Waals surface area contributed by atoms with Crippen LogP contribution in [0.1, 0.15) is 34.9 Å². The van der Waals surface area contributed by atoms with E-state index in [2.05, 4.69) is 9.97 Å². The first-order valence-electron chi connectivity index (χ1n) is 10.0. The maximum Gasteiger partial charge on any atom is 0.272 e. The lowest BCUT2D eigenvalue weighted by Crippen LogP contribution is -2.38. The Morgan fingerprint density at radius 1 is 1.03 bits per heavy atom. The van der Waals surface area contributed by atoms with E-state index in [0.717, 1.165) is 18.5 Å². The summed E-state index contributed by atoms with van der Waals surface area (Å²) in [6.45, 7) is 1.22. The van der Waals surface area contributed by atoms with Crippen molar-refractivity contribution in [3.63, 3.8) is 0 Å². The minimum atomic E-state index is -0.289. The lowest BCUT2D eigenvalue weighted by atomic mass is 9.88. The van der Waals surface area contributed by atoms with Gasteiger partial charge in [0.25, 0.3) is 5.91 Å². The molecule has 1 aliphatic rings. The van der Waals surface area contributed by atoms with Crippen LogP contribution in [0.3, 0.4) is 0 Å². The molecule has 30 heavy (non-hydrogen) atoms. The highest BCUT2D eigenvalue weighted by molar-refractivity contribution is 5.92. The van der Waals surface area contributed by atoms with Crippen LogP contribution in [0.4, 0.5) is 10.3 Å².